The Bertz CT molecular complexity index is 711. The lowest BCUT2D eigenvalue weighted by atomic mass is 10.2. The van der Waals surface area contributed by atoms with Crippen molar-refractivity contribution in [3.8, 4) is 0 Å². The van der Waals surface area contributed by atoms with E-state index in [4.69, 9.17) is 5.73 Å². The van der Waals surface area contributed by atoms with Crippen LogP contribution in [0.3, 0.4) is 0 Å². The second-order valence-electron chi connectivity index (χ2n) is 6.48. The van der Waals surface area contributed by atoms with Gasteiger partial charge in [0, 0.05) is 31.4 Å². The molecule has 3 heterocycles. The molecule has 1 saturated heterocycles. The van der Waals surface area contributed by atoms with Gasteiger partial charge in [0.15, 0.2) is 5.96 Å². The summed E-state index contributed by atoms with van der Waals surface area (Å²) in [5.74, 6) is 0.540. The van der Waals surface area contributed by atoms with E-state index >= 15 is 0 Å². The number of rotatable bonds is 6. The van der Waals surface area contributed by atoms with E-state index in [0.29, 0.717) is 12.0 Å². The summed E-state index contributed by atoms with van der Waals surface area (Å²) in [5.41, 5.74) is 9.28. The van der Waals surface area contributed by atoms with E-state index in [9.17, 15) is 0 Å². The highest BCUT2D eigenvalue weighted by Gasteiger charge is 2.22. The number of nitrogens with two attached hydrogens (primary N) is 1. The molecule has 25 heavy (non-hydrogen) atoms. The summed E-state index contributed by atoms with van der Waals surface area (Å²) in [5, 5.41) is 3.21. The van der Waals surface area contributed by atoms with Gasteiger partial charge in [0.05, 0.1) is 12.2 Å². The highest BCUT2D eigenvalue weighted by molar-refractivity contribution is 14.0. The van der Waals surface area contributed by atoms with Gasteiger partial charge in [-0.25, -0.2) is 4.98 Å². The topological polar surface area (TPSA) is 71.0 Å². The van der Waals surface area contributed by atoms with Gasteiger partial charge in [-0.2, -0.15) is 0 Å². The van der Waals surface area contributed by atoms with Crippen LogP contribution in [0.5, 0.6) is 0 Å². The molecule has 0 saturated carbocycles. The van der Waals surface area contributed by atoms with E-state index in [1.807, 2.05) is 12.3 Å². The number of aliphatic imine (C=N–C) groups is 1. The first kappa shape index (κ1) is 20.0. The van der Waals surface area contributed by atoms with Gasteiger partial charge in [-0.15, -0.1) is 24.0 Å². The molecule has 1 aliphatic rings. The maximum Gasteiger partial charge on any atom is 0.188 e. The first-order valence-corrected chi connectivity index (χ1v) is 8.88. The first-order valence-electron chi connectivity index (χ1n) is 8.88. The standard InChI is InChI=1S/C18H28N6.HI/c1-3-23-10-5-7-16(23)12-21-18(19)20-9-8-15-13-24-11-4-6-14(2)17(24)22-15;/h4,6,11,13,16H,3,5,7-10,12H2,1-2H3,(H3,19,20,21);1H. The van der Waals surface area contributed by atoms with Gasteiger partial charge in [0.1, 0.15) is 5.65 Å². The van der Waals surface area contributed by atoms with E-state index < -0.39 is 0 Å². The van der Waals surface area contributed by atoms with Crippen molar-refractivity contribution in [2.24, 2.45) is 10.7 Å². The molecule has 2 aromatic rings. The number of aromatic nitrogens is 2. The summed E-state index contributed by atoms with van der Waals surface area (Å²) in [4.78, 5) is 11.7. The quantitative estimate of drug-likeness (QED) is 0.397. The number of likely N-dealkylation sites (tertiary alicyclic amines) is 1. The van der Waals surface area contributed by atoms with Crippen LogP contribution in [0.1, 0.15) is 31.0 Å². The molecule has 3 rings (SSSR count). The number of fused-ring (bicyclic) bond motifs is 1. The largest absolute Gasteiger partial charge is 0.370 e. The molecular weight excluding hydrogens is 427 g/mol. The van der Waals surface area contributed by atoms with Crippen LogP contribution in [0.25, 0.3) is 5.65 Å². The van der Waals surface area contributed by atoms with E-state index in [2.05, 4.69) is 50.7 Å². The Kier molecular flexibility index (Phi) is 7.49. The van der Waals surface area contributed by atoms with E-state index in [1.54, 1.807) is 0 Å². The van der Waals surface area contributed by atoms with Gasteiger partial charge in [-0.1, -0.05) is 13.0 Å². The number of nitrogens with one attached hydrogen (secondary N) is 1. The number of nitrogens with zero attached hydrogens (tertiary/aromatic N) is 4. The van der Waals surface area contributed by atoms with E-state index in [-0.39, 0.29) is 24.0 Å². The summed E-state index contributed by atoms with van der Waals surface area (Å²) in [6.45, 7) is 8.12. The maximum absolute atomic E-state index is 6.00. The predicted molar refractivity (Wildman–Crippen MR) is 114 cm³/mol. The normalized spacial score (nSPS) is 18.5. The second-order valence-corrected chi connectivity index (χ2v) is 6.48. The lowest BCUT2D eigenvalue weighted by molar-refractivity contribution is 0.273. The molecule has 6 nitrogen and oxygen atoms in total. The number of aryl methyl sites for hydroxylation is 1. The molecule has 138 valence electrons. The summed E-state index contributed by atoms with van der Waals surface area (Å²) in [7, 11) is 0. The zero-order chi connectivity index (χ0) is 16.9. The summed E-state index contributed by atoms with van der Waals surface area (Å²) in [6, 6.07) is 4.67. The number of imidazole rings is 1. The lowest BCUT2D eigenvalue weighted by Crippen LogP contribution is -2.36. The van der Waals surface area contributed by atoms with Crippen molar-refractivity contribution in [1.29, 1.82) is 0 Å². The monoisotopic (exact) mass is 456 g/mol. The van der Waals surface area contributed by atoms with Crippen molar-refractivity contribution in [2.45, 2.75) is 39.2 Å². The lowest BCUT2D eigenvalue weighted by Gasteiger charge is -2.20. The molecule has 1 unspecified atom stereocenters. The Morgan fingerprint density at radius 3 is 3.08 bits per heavy atom. The van der Waals surface area contributed by atoms with Gasteiger partial charge >= 0.3 is 0 Å². The van der Waals surface area contributed by atoms with Crippen molar-refractivity contribution in [3.63, 3.8) is 0 Å². The predicted octanol–water partition coefficient (Wildman–Crippen LogP) is 2.19. The SMILES string of the molecule is CCN1CCCC1CN=C(N)NCCc1cn2cccc(C)c2n1.I. The summed E-state index contributed by atoms with van der Waals surface area (Å²) in [6.07, 6.45) is 7.44. The minimum atomic E-state index is 0. The zero-order valence-corrected chi connectivity index (χ0v) is 17.4. The van der Waals surface area contributed by atoms with Crippen LogP contribution in [0.4, 0.5) is 0 Å². The molecule has 1 aliphatic heterocycles. The van der Waals surface area contributed by atoms with Crippen molar-refractivity contribution in [2.75, 3.05) is 26.2 Å². The number of hydrogen-bond acceptors (Lipinski definition) is 3. The zero-order valence-electron chi connectivity index (χ0n) is 15.1. The van der Waals surface area contributed by atoms with Crippen LogP contribution in [0.2, 0.25) is 0 Å². The Morgan fingerprint density at radius 2 is 2.32 bits per heavy atom. The summed E-state index contributed by atoms with van der Waals surface area (Å²) < 4.78 is 2.07. The average Bonchev–Trinajstić information content (AvgIpc) is 3.19. The van der Waals surface area contributed by atoms with Crippen LogP contribution in [-0.4, -0.2) is 52.5 Å². The Balaban J connectivity index is 0.00000225. The van der Waals surface area contributed by atoms with Crippen molar-refractivity contribution < 1.29 is 0 Å². The molecule has 0 radical (unpaired) electrons. The number of likely N-dealkylation sites (N-methyl/N-ethyl adjacent to an activating group) is 1. The smallest absolute Gasteiger partial charge is 0.188 e. The Hall–Kier alpha value is -1.35. The molecule has 0 spiro atoms. The van der Waals surface area contributed by atoms with Crippen LogP contribution in [0.15, 0.2) is 29.5 Å². The van der Waals surface area contributed by atoms with Crippen molar-refractivity contribution in [3.05, 3.63) is 35.8 Å². The van der Waals surface area contributed by atoms with Crippen LogP contribution < -0.4 is 11.1 Å². The molecule has 2 aromatic heterocycles. The molecule has 0 bridgehead atoms. The number of pyridine rings is 1. The molecule has 0 aromatic carbocycles. The minimum absolute atomic E-state index is 0. The van der Waals surface area contributed by atoms with Crippen molar-refractivity contribution in [1.82, 2.24) is 19.6 Å². The fourth-order valence-electron chi connectivity index (χ4n) is 3.42. The third-order valence-corrected chi connectivity index (χ3v) is 4.79. The Morgan fingerprint density at radius 1 is 1.48 bits per heavy atom. The minimum Gasteiger partial charge on any atom is -0.370 e. The molecule has 3 N–H and O–H groups in total. The van der Waals surface area contributed by atoms with E-state index in [0.717, 1.165) is 37.4 Å². The van der Waals surface area contributed by atoms with Gasteiger partial charge in [-0.3, -0.25) is 9.89 Å². The van der Waals surface area contributed by atoms with Crippen LogP contribution in [-0.2, 0) is 6.42 Å². The summed E-state index contributed by atoms with van der Waals surface area (Å²) >= 11 is 0. The Labute approximate surface area is 166 Å². The molecule has 0 amide bonds. The first-order chi connectivity index (χ1) is 11.7. The third kappa shape index (κ3) is 5.07. The highest BCUT2D eigenvalue weighted by Crippen LogP contribution is 2.16. The van der Waals surface area contributed by atoms with Crippen molar-refractivity contribution >= 4 is 35.6 Å². The molecule has 7 heteroatoms. The van der Waals surface area contributed by atoms with E-state index in [1.165, 1.54) is 24.9 Å². The number of guanidine groups is 1. The van der Waals surface area contributed by atoms with Crippen LogP contribution >= 0.6 is 24.0 Å². The highest BCUT2D eigenvalue weighted by atomic mass is 127. The number of hydrogen-bond donors (Lipinski definition) is 2. The van der Waals surface area contributed by atoms with Gasteiger partial charge in [0.25, 0.3) is 0 Å². The molecule has 0 aliphatic carbocycles. The third-order valence-electron chi connectivity index (χ3n) is 4.79. The van der Waals surface area contributed by atoms with Crippen LogP contribution in [0, 0.1) is 6.92 Å². The molecular formula is C18H29IN6. The van der Waals surface area contributed by atoms with Gasteiger partial charge < -0.3 is 15.5 Å². The average molecular weight is 456 g/mol. The fraction of sp³-hybridized carbons (Fsp3) is 0.556. The number of halogens is 1. The second kappa shape index (κ2) is 9.38. The maximum atomic E-state index is 6.00. The molecule has 1 atom stereocenters. The van der Waals surface area contributed by atoms with Gasteiger partial charge in [-0.05, 0) is 44.5 Å². The fourth-order valence-corrected chi connectivity index (χ4v) is 3.42. The molecule has 1 fully saturated rings. The van der Waals surface area contributed by atoms with Gasteiger partial charge in [0.2, 0.25) is 0 Å².